The summed E-state index contributed by atoms with van der Waals surface area (Å²) in [6.45, 7) is 5.09. The molecule has 1 atom stereocenters. The van der Waals surface area contributed by atoms with E-state index >= 15 is 0 Å². The van der Waals surface area contributed by atoms with E-state index in [1.807, 2.05) is 0 Å². The number of aliphatic hydroxyl groups is 1. The summed E-state index contributed by atoms with van der Waals surface area (Å²) in [5, 5.41) is 12.4. The van der Waals surface area contributed by atoms with E-state index in [-0.39, 0.29) is 30.4 Å². The highest BCUT2D eigenvalue weighted by Gasteiger charge is 2.35. The van der Waals surface area contributed by atoms with Gasteiger partial charge in [0.25, 0.3) is 0 Å². The second-order valence-electron chi connectivity index (χ2n) is 5.93. The fourth-order valence-electron chi connectivity index (χ4n) is 2.97. The predicted octanol–water partition coefficient (Wildman–Crippen LogP) is 2.69. The van der Waals surface area contributed by atoms with Crippen molar-refractivity contribution in [3.63, 3.8) is 0 Å². The summed E-state index contributed by atoms with van der Waals surface area (Å²) in [7, 11) is 0. The van der Waals surface area contributed by atoms with Crippen LogP contribution < -0.4 is 5.32 Å². The van der Waals surface area contributed by atoms with Crippen LogP contribution in [0.2, 0.25) is 0 Å². The Hall–Kier alpha value is -1.88. The molecule has 120 valence electrons. The second-order valence-corrected chi connectivity index (χ2v) is 5.93. The molecule has 2 amide bonds. The monoisotopic (exact) mass is 306 g/mol. The number of benzene rings is 1. The molecule has 0 spiro atoms. The summed E-state index contributed by atoms with van der Waals surface area (Å²) in [5.74, 6) is -0.321. The first-order valence-corrected chi connectivity index (χ1v) is 7.58. The molecule has 1 fully saturated rings. The molecule has 2 rings (SSSR count). The number of rotatable bonds is 5. The Balaban J connectivity index is 1.94. The molecule has 1 aliphatic heterocycles. The largest absolute Gasteiger partial charge is 0.396 e. The van der Waals surface area contributed by atoms with Crippen LogP contribution in [0.4, 0.5) is 9.18 Å². The lowest BCUT2D eigenvalue weighted by Gasteiger charge is -2.41. The van der Waals surface area contributed by atoms with Crippen molar-refractivity contribution in [2.45, 2.75) is 25.8 Å². The van der Waals surface area contributed by atoms with Crippen LogP contribution in [-0.4, -0.2) is 35.7 Å². The standard InChI is InChI=1S/C17H23FN2O2/c1-2-8-17(13-21)9-5-10-20(12-17)16(22)19-11-14-6-3-4-7-15(14)18/h2-4,6-7,21H,1,5,8-13H2,(H,19,22)/t17-/m1/s1. The zero-order chi connectivity index (χ0) is 16.0. The third-order valence-electron chi connectivity index (χ3n) is 4.25. The Morgan fingerprint density at radius 3 is 2.95 bits per heavy atom. The lowest BCUT2D eigenvalue weighted by Crippen LogP contribution is -2.50. The molecule has 0 saturated carbocycles. The summed E-state index contributed by atoms with van der Waals surface area (Å²) in [6.07, 6.45) is 4.20. The van der Waals surface area contributed by atoms with Gasteiger partial charge in [0.1, 0.15) is 5.82 Å². The number of halogens is 1. The molecule has 1 heterocycles. The van der Waals surface area contributed by atoms with Crippen molar-refractivity contribution in [1.29, 1.82) is 0 Å². The molecule has 0 radical (unpaired) electrons. The predicted molar refractivity (Wildman–Crippen MR) is 83.8 cm³/mol. The molecule has 22 heavy (non-hydrogen) atoms. The van der Waals surface area contributed by atoms with Gasteiger partial charge in [-0.1, -0.05) is 24.3 Å². The zero-order valence-corrected chi connectivity index (χ0v) is 12.7. The Labute approximate surface area is 130 Å². The summed E-state index contributed by atoms with van der Waals surface area (Å²) < 4.78 is 13.6. The van der Waals surface area contributed by atoms with Gasteiger partial charge < -0.3 is 15.3 Å². The lowest BCUT2D eigenvalue weighted by molar-refractivity contribution is 0.0492. The molecule has 0 unspecified atom stereocenters. The number of amides is 2. The summed E-state index contributed by atoms with van der Waals surface area (Å²) in [6, 6.07) is 6.18. The van der Waals surface area contributed by atoms with E-state index in [0.29, 0.717) is 25.1 Å². The summed E-state index contributed by atoms with van der Waals surface area (Å²) in [4.78, 5) is 14.0. The Morgan fingerprint density at radius 1 is 1.50 bits per heavy atom. The van der Waals surface area contributed by atoms with Gasteiger partial charge in [0.15, 0.2) is 0 Å². The Morgan fingerprint density at radius 2 is 2.27 bits per heavy atom. The average Bonchev–Trinajstić information content (AvgIpc) is 2.54. The molecule has 4 nitrogen and oxygen atoms in total. The number of nitrogens with zero attached hydrogens (tertiary/aromatic N) is 1. The van der Waals surface area contributed by atoms with Crippen LogP contribution in [0.25, 0.3) is 0 Å². The van der Waals surface area contributed by atoms with E-state index in [9.17, 15) is 14.3 Å². The molecule has 5 heteroatoms. The first-order valence-electron chi connectivity index (χ1n) is 7.58. The molecule has 1 aromatic carbocycles. The van der Waals surface area contributed by atoms with Gasteiger partial charge in [-0.15, -0.1) is 6.58 Å². The van der Waals surface area contributed by atoms with Crippen molar-refractivity contribution in [3.05, 3.63) is 48.3 Å². The summed E-state index contributed by atoms with van der Waals surface area (Å²) in [5.41, 5.74) is 0.169. The highest BCUT2D eigenvalue weighted by Crippen LogP contribution is 2.33. The van der Waals surface area contributed by atoms with Crippen LogP contribution in [0.5, 0.6) is 0 Å². The molecule has 1 aromatic rings. The van der Waals surface area contributed by atoms with Gasteiger partial charge in [-0.3, -0.25) is 0 Å². The fraction of sp³-hybridized carbons (Fsp3) is 0.471. The number of nitrogens with one attached hydrogen (secondary N) is 1. The van der Waals surface area contributed by atoms with E-state index in [1.54, 1.807) is 29.2 Å². The smallest absolute Gasteiger partial charge is 0.317 e. The van der Waals surface area contributed by atoms with E-state index in [2.05, 4.69) is 11.9 Å². The zero-order valence-electron chi connectivity index (χ0n) is 12.7. The number of urea groups is 1. The highest BCUT2D eigenvalue weighted by molar-refractivity contribution is 5.74. The van der Waals surface area contributed by atoms with Crippen LogP contribution in [-0.2, 0) is 6.54 Å². The number of hydrogen-bond acceptors (Lipinski definition) is 2. The maximum Gasteiger partial charge on any atom is 0.317 e. The number of carbonyl (C=O) groups excluding carboxylic acids is 1. The SMILES string of the molecule is C=CC[C@@]1(CO)CCCN(C(=O)NCc2ccccc2F)C1. The highest BCUT2D eigenvalue weighted by atomic mass is 19.1. The molecule has 0 aliphatic carbocycles. The quantitative estimate of drug-likeness (QED) is 0.822. The Bertz CT molecular complexity index is 535. The number of carbonyl (C=O) groups is 1. The molecule has 0 bridgehead atoms. The average molecular weight is 306 g/mol. The number of likely N-dealkylation sites (tertiary alicyclic amines) is 1. The van der Waals surface area contributed by atoms with Gasteiger partial charge in [0.05, 0.1) is 6.61 Å². The lowest BCUT2D eigenvalue weighted by atomic mass is 9.78. The third-order valence-corrected chi connectivity index (χ3v) is 4.25. The van der Waals surface area contributed by atoms with Crippen molar-refractivity contribution < 1.29 is 14.3 Å². The molecule has 0 aromatic heterocycles. The number of piperidine rings is 1. The number of allylic oxidation sites excluding steroid dienone is 1. The van der Waals surface area contributed by atoms with Crippen molar-refractivity contribution in [2.24, 2.45) is 5.41 Å². The topological polar surface area (TPSA) is 52.6 Å². The number of hydrogen-bond donors (Lipinski definition) is 2. The minimum Gasteiger partial charge on any atom is -0.396 e. The van der Waals surface area contributed by atoms with Crippen LogP contribution in [0.15, 0.2) is 36.9 Å². The normalized spacial score (nSPS) is 21.5. The number of aliphatic hydroxyl groups excluding tert-OH is 1. The van der Waals surface area contributed by atoms with Crippen molar-refractivity contribution in [3.8, 4) is 0 Å². The van der Waals surface area contributed by atoms with E-state index in [1.165, 1.54) is 6.07 Å². The fourth-order valence-corrected chi connectivity index (χ4v) is 2.97. The van der Waals surface area contributed by atoms with Crippen LogP contribution in [0.1, 0.15) is 24.8 Å². The second kappa shape index (κ2) is 7.40. The van der Waals surface area contributed by atoms with Crippen LogP contribution in [0, 0.1) is 11.2 Å². The van der Waals surface area contributed by atoms with Gasteiger partial charge in [0, 0.05) is 30.6 Å². The first kappa shape index (κ1) is 16.5. The molecule has 2 N–H and O–H groups in total. The van der Waals surface area contributed by atoms with Gasteiger partial charge in [-0.25, -0.2) is 9.18 Å². The minimum atomic E-state index is -0.321. The Kier molecular flexibility index (Phi) is 5.55. The van der Waals surface area contributed by atoms with E-state index in [0.717, 1.165) is 12.8 Å². The summed E-state index contributed by atoms with van der Waals surface area (Å²) >= 11 is 0. The van der Waals surface area contributed by atoms with E-state index < -0.39 is 0 Å². The maximum atomic E-state index is 13.6. The van der Waals surface area contributed by atoms with Gasteiger partial charge >= 0.3 is 6.03 Å². The van der Waals surface area contributed by atoms with Crippen LogP contribution in [0.3, 0.4) is 0 Å². The molecule has 1 saturated heterocycles. The third kappa shape index (κ3) is 3.85. The van der Waals surface area contributed by atoms with Gasteiger partial charge in [0.2, 0.25) is 0 Å². The van der Waals surface area contributed by atoms with Crippen molar-refractivity contribution in [2.75, 3.05) is 19.7 Å². The first-order chi connectivity index (χ1) is 10.6. The molecular weight excluding hydrogens is 283 g/mol. The van der Waals surface area contributed by atoms with Crippen LogP contribution >= 0.6 is 0 Å². The van der Waals surface area contributed by atoms with Crippen molar-refractivity contribution >= 4 is 6.03 Å². The molecular formula is C17H23FN2O2. The van der Waals surface area contributed by atoms with Gasteiger partial charge in [-0.2, -0.15) is 0 Å². The maximum absolute atomic E-state index is 13.6. The van der Waals surface area contributed by atoms with Crippen molar-refractivity contribution in [1.82, 2.24) is 10.2 Å². The minimum absolute atomic E-state index is 0.0378. The van der Waals surface area contributed by atoms with Gasteiger partial charge in [-0.05, 0) is 25.3 Å². The van der Waals surface area contributed by atoms with E-state index in [4.69, 9.17) is 0 Å². The molecule has 1 aliphatic rings.